The summed E-state index contributed by atoms with van der Waals surface area (Å²) in [6.07, 6.45) is 0. The predicted octanol–water partition coefficient (Wildman–Crippen LogP) is 2.04. The summed E-state index contributed by atoms with van der Waals surface area (Å²) in [4.78, 5) is 31.8. The standard InChI is InChI=1S/C13H8BrN3O2/c14-8-3-1-7(2-4-8)10-6-5-9-11(15-10)16-13(19)17-12(9)18/h1-6H,(H2,15,16,17,18,19). The Morgan fingerprint density at radius 1 is 0.947 bits per heavy atom. The Kier molecular flexibility index (Phi) is 2.79. The van der Waals surface area contributed by atoms with Crippen molar-refractivity contribution in [1.82, 2.24) is 15.0 Å². The van der Waals surface area contributed by atoms with Gasteiger partial charge in [-0.25, -0.2) is 9.78 Å². The fraction of sp³-hybridized carbons (Fsp3) is 0. The van der Waals surface area contributed by atoms with E-state index in [0.29, 0.717) is 11.1 Å². The van der Waals surface area contributed by atoms with Crippen LogP contribution in [0.2, 0.25) is 0 Å². The van der Waals surface area contributed by atoms with E-state index in [1.807, 2.05) is 24.3 Å². The molecule has 0 aliphatic heterocycles. The summed E-state index contributed by atoms with van der Waals surface area (Å²) in [5, 5.41) is 0.362. The van der Waals surface area contributed by atoms with E-state index in [-0.39, 0.29) is 5.65 Å². The van der Waals surface area contributed by atoms with Crippen molar-refractivity contribution in [3.05, 3.63) is 61.7 Å². The van der Waals surface area contributed by atoms with E-state index in [9.17, 15) is 9.59 Å². The first kappa shape index (κ1) is 11.9. The van der Waals surface area contributed by atoms with Gasteiger partial charge in [-0.2, -0.15) is 0 Å². The van der Waals surface area contributed by atoms with Gasteiger partial charge >= 0.3 is 5.69 Å². The van der Waals surface area contributed by atoms with Crippen molar-refractivity contribution >= 4 is 27.0 Å². The van der Waals surface area contributed by atoms with E-state index < -0.39 is 11.2 Å². The maximum Gasteiger partial charge on any atom is 0.327 e. The molecule has 0 unspecified atom stereocenters. The van der Waals surface area contributed by atoms with Gasteiger partial charge in [-0.05, 0) is 24.3 Å². The third kappa shape index (κ3) is 2.22. The fourth-order valence-corrected chi connectivity index (χ4v) is 2.09. The van der Waals surface area contributed by atoms with Gasteiger partial charge in [0.1, 0.15) is 5.65 Å². The van der Waals surface area contributed by atoms with Gasteiger partial charge < -0.3 is 0 Å². The zero-order valence-electron chi connectivity index (χ0n) is 9.61. The molecule has 2 N–H and O–H groups in total. The molecular weight excluding hydrogens is 310 g/mol. The van der Waals surface area contributed by atoms with Gasteiger partial charge in [0.2, 0.25) is 0 Å². The number of benzene rings is 1. The molecular formula is C13H8BrN3O2. The molecule has 0 saturated heterocycles. The summed E-state index contributed by atoms with van der Waals surface area (Å²) in [5.41, 5.74) is 0.896. The van der Waals surface area contributed by atoms with Crippen LogP contribution in [0.5, 0.6) is 0 Å². The Labute approximate surface area is 115 Å². The molecule has 94 valence electrons. The Balaban J connectivity index is 2.24. The first-order chi connectivity index (χ1) is 9.13. The van der Waals surface area contributed by atoms with Crippen LogP contribution >= 0.6 is 15.9 Å². The minimum Gasteiger partial charge on any atom is -0.291 e. The Bertz CT molecular complexity index is 865. The molecule has 0 aliphatic rings. The smallest absolute Gasteiger partial charge is 0.291 e. The lowest BCUT2D eigenvalue weighted by atomic mass is 10.1. The summed E-state index contributed by atoms with van der Waals surface area (Å²) >= 11 is 3.36. The van der Waals surface area contributed by atoms with Gasteiger partial charge in [-0.3, -0.25) is 14.8 Å². The zero-order chi connectivity index (χ0) is 13.4. The van der Waals surface area contributed by atoms with Crippen LogP contribution in [0, 0.1) is 0 Å². The van der Waals surface area contributed by atoms with Crippen molar-refractivity contribution in [2.24, 2.45) is 0 Å². The second-order valence-electron chi connectivity index (χ2n) is 4.01. The molecule has 0 aliphatic carbocycles. The highest BCUT2D eigenvalue weighted by Crippen LogP contribution is 2.20. The topological polar surface area (TPSA) is 78.6 Å². The van der Waals surface area contributed by atoms with Gasteiger partial charge in [-0.15, -0.1) is 0 Å². The number of fused-ring (bicyclic) bond motifs is 1. The quantitative estimate of drug-likeness (QED) is 0.721. The zero-order valence-corrected chi connectivity index (χ0v) is 11.2. The Morgan fingerprint density at radius 2 is 1.68 bits per heavy atom. The highest BCUT2D eigenvalue weighted by Gasteiger charge is 2.05. The number of hydrogen-bond donors (Lipinski definition) is 2. The number of aromatic nitrogens is 3. The minimum absolute atomic E-state index is 0.286. The Morgan fingerprint density at radius 3 is 2.42 bits per heavy atom. The number of pyridine rings is 1. The van der Waals surface area contributed by atoms with Crippen molar-refractivity contribution in [2.75, 3.05) is 0 Å². The summed E-state index contributed by atoms with van der Waals surface area (Å²) in [7, 11) is 0. The van der Waals surface area contributed by atoms with Crippen LogP contribution in [0.3, 0.4) is 0 Å². The van der Waals surface area contributed by atoms with E-state index in [1.54, 1.807) is 12.1 Å². The molecule has 1 aromatic carbocycles. The lowest BCUT2D eigenvalue weighted by Gasteiger charge is -2.02. The second-order valence-corrected chi connectivity index (χ2v) is 4.92. The monoisotopic (exact) mass is 317 g/mol. The van der Waals surface area contributed by atoms with Crippen LogP contribution < -0.4 is 11.2 Å². The molecule has 6 heteroatoms. The van der Waals surface area contributed by atoms with Crippen LogP contribution in [-0.2, 0) is 0 Å². The second kappa shape index (κ2) is 4.47. The van der Waals surface area contributed by atoms with Crippen molar-refractivity contribution < 1.29 is 0 Å². The summed E-state index contributed by atoms with van der Waals surface area (Å²) in [5.74, 6) is 0. The van der Waals surface area contributed by atoms with Crippen molar-refractivity contribution in [1.29, 1.82) is 0 Å². The molecule has 0 saturated carbocycles. The largest absolute Gasteiger partial charge is 0.327 e. The third-order valence-corrected chi connectivity index (χ3v) is 3.27. The van der Waals surface area contributed by atoms with Crippen LogP contribution in [0.15, 0.2) is 50.5 Å². The van der Waals surface area contributed by atoms with Gasteiger partial charge in [0.15, 0.2) is 0 Å². The molecule has 0 bridgehead atoms. The van der Waals surface area contributed by atoms with E-state index in [2.05, 4.69) is 30.9 Å². The molecule has 19 heavy (non-hydrogen) atoms. The normalized spacial score (nSPS) is 10.8. The van der Waals surface area contributed by atoms with Gasteiger partial charge in [-0.1, -0.05) is 28.1 Å². The molecule has 3 rings (SSSR count). The third-order valence-electron chi connectivity index (χ3n) is 2.74. The molecule has 3 aromatic rings. The molecule has 0 spiro atoms. The maximum absolute atomic E-state index is 11.6. The van der Waals surface area contributed by atoms with E-state index >= 15 is 0 Å². The van der Waals surface area contributed by atoms with Crippen molar-refractivity contribution in [2.45, 2.75) is 0 Å². The minimum atomic E-state index is -0.557. The van der Waals surface area contributed by atoms with Crippen LogP contribution in [0.1, 0.15) is 0 Å². The summed E-state index contributed by atoms with van der Waals surface area (Å²) in [6.45, 7) is 0. The lowest BCUT2D eigenvalue weighted by Crippen LogP contribution is -2.22. The summed E-state index contributed by atoms with van der Waals surface area (Å²) in [6, 6.07) is 11.0. The molecule has 0 fully saturated rings. The van der Waals surface area contributed by atoms with E-state index in [0.717, 1.165) is 10.0 Å². The van der Waals surface area contributed by atoms with Crippen LogP contribution in [0.4, 0.5) is 0 Å². The molecule has 0 atom stereocenters. The number of nitrogens with zero attached hydrogens (tertiary/aromatic N) is 1. The van der Waals surface area contributed by atoms with Crippen LogP contribution in [-0.4, -0.2) is 15.0 Å². The van der Waals surface area contributed by atoms with Crippen LogP contribution in [0.25, 0.3) is 22.3 Å². The first-order valence-electron chi connectivity index (χ1n) is 5.53. The Hall–Kier alpha value is -2.21. The number of rotatable bonds is 1. The molecule has 0 amide bonds. The number of H-pyrrole nitrogens is 2. The molecule has 2 heterocycles. The summed E-state index contributed by atoms with van der Waals surface area (Å²) < 4.78 is 0.974. The average Bonchev–Trinajstić information content (AvgIpc) is 2.38. The highest BCUT2D eigenvalue weighted by molar-refractivity contribution is 9.10. The molecule has 0 radical (unpaired) electrons. The number of hydrogen-bond acceptors (Lipinski definition) is 3. The average molecular weight is 318 g/mol. The maximum atomic E-state index is 11.6. The number of halogens is 1. The first-order valence-corrected chi connectivity index (χ1v) is 6.32. The number of nitrogens with one attached hydrogen (secondary N) is 2. The van der Waals surface area contributed by atoms with Crippen molar-refractivity contribution in [3.8, 4) is 11.3 Å². The predicted molar refractivity (Wildman–Crippen MR) is 76.1 cm³/mol. The van der Waals surface area contributed by atoms with Gasteiger partial charge in [0, 0.05) is 10.0 Å². The van der Waals surface area contributed by atoms with E-state index in [4.69, 9.17) is 0 Å². The van der Waals surface area contributed by atoms with E-state index in [1.165, 1.54) is 0 Å². The van der Waals surface area contributed by atoms with Gasteiger partial charge in [0.25, 0.3) is 5.56 Å². The van der Waals surface area contributed by atoms with Gasteiger partial charge in [0.05, 0.1) is 11.1 Å². The lowest BCUT2D eigenvalue weighted by molar-refractivity contribution is 1.06. The van der Waals surface area contributed by atoms with Crippen molar-refractivity contribution in [3.63, 3.8) is 0 Å². The SMILES string of the molecule is O=c1[nH]c(=O)c2ccc(-c3ccc(Br)cc3)nc2[nH]1. The highest BCUT2D eigenvalue weighted by atomic mass is 79.9. The molecule has 2 aromatic heterocycles. The fourth-order valence-electron chi connectivity index (χ4n) is 1.83. The number of aromatic amines is 2. The molecule has 5 nitrogen and oxygen atoms in total.